The zero-order valence-electron chi connectivity index (χ0n) is 11.2. The van der Waals surface area contributed by atoms with Crippen LogP contribution in [0.3, 0.4) is 0 Å². The molecule has 0 bridgehead atoms. The maximum Gasteiger partial charge on any atom is 0.230 e. The van der Waals surface area contributed by atoms with Crippen molar-refractivity contribution < 1.29 is 13.2 Å². The van der Waals surface area contributed by atoms with Gasteiger partial charge in [0.25, 0.3) is 0 Å². The van der Waals surface area contributed by atoms with E-state index in [0.717, 1.165) is 6.26 Å². The molecule has 0 saturated carbocycles. The van der Waals surface area contributed by atoms with Crippen LogP contribution >= 0.6 is 11.3 Å². The molecule has 0 fully saturated rings. The maximum absolute atomic E-state index is 11.8. The van der Waals surface area contributed by atoms with Crippen LogP contribution in [0.2, 0.25) is 0 Å². The van der Waals surface area contributed by atoms with Crippen molar-refractivity contribution in [3.8, 4) is 0 Å². The summed E-state index contributed by atoms with van der Waals surface area (Å²) in [5.41, 5.74) is 7.11. The molecule has 1 aromatic heterocycles. The van der Waals surface area contributed by atoms with Gasteiger partial charge in [-0.05, 0) is 24.3 Å². The number of aromatic nitrogens is 1. The van der Waals surface area contributed by atoms with E-state index in [4.69, 9.17) is 5.73 Å². The Labute approximate surface area is 126 Å². The third kappa shape index (κ3) is 5.04. The number of rotatable bonds is 5. The van der Waals surface area contributed by atoms with Crippen LogP contribution in [-0.4, -0.2) is 25.6 Å². The molecule has 4 N–H and O–H groups in total. The third-order valence-corrected chi connectivity index (χ3v) is 3.71. The molecule has 112 valence electrons. The fraction of sp³-hybridized carbons (Fsp3) is 0.167. The van der Waals surface area contributed by atoms with Crippen molar-refractivity contribution in [1.29, 1.82) is 0 Å². The monoisotopic (exact) mass is 326 g/mol. The zero-order valence-corrected chi connectivity index (χ0v) is 12.8. The quantitative estimate of drug-likeness (QED) is 0.766. The lowest BCUT2D eigenvalue weighted by molar-refractivity contribution is -0.115. The lowest BCUT2D eigenvalue weighted by Crippen LogP contribution is -2.15. The highest BCUT2D eigenvalue weighted by molar-refractivity contribution is 7.92. The van der Waals surface area contributed by atoms with Crippen molar-refractivity contribution in [3.05, 3.63) is 35.3 Å². The topological polar surface area (TPSA) is 114 Å². The summed E-state index contributed by atoms with van der Waals surface area (Å²) in [6, 6.07) is 6.36. The van der Waals surface area contributed by atoms with Gasteiger partial charge in [0.05, 0.1) is 18.4 Å². The van der Waals surface area contributed by atoms with Gasteiger partial charge in [0, 0.05) is 16.8 Å². The molecular weight excluding hydrogens is 312 g/mol. The molecule has 0 unspecified atom stereocenters. The number of nitrogen functional groups attached to an aromatic ring is 1. The average molecular weight is 326 g/mol. The fourth-order valence-electron chi connectivity index (χ4n) is 1.61. The van der Waals surface area contributed by atoms with E-state index in [2.05, 4.69) is 15.0 Å². The molecule has 2 rings (SSSR count). The zero-order chi connectivity index (χ0) is 15.5. The molecule has 0 saturated heterocycles. The Kier molecular flexibility index (Phi) is 4.43. The molecule has 0 aliphatic heterocycles. The van der Waals surface area contributed by atoms with Crippen LogP contribution in [0.25, 0.3) is 0 Å². The van der Waals surface area contributed by atoms with Crippen molar-refractivity contribution in [2.45, 2.75) is 6.42 Å². The second-order valence-corrected chi connectivity index (χ2v) is 6.99. The number of sulfonamides is 1. The van der Waals surface area contributed by atoms with Gasteiger partial charge in [0.15, 0.2) is 5.13 Å². The molecule has 7 nitrogen and oxygen atoms in total. The highest BCUT2D eigenvalue weighted by Crippen LogP contribution is 2.16. The molecule has 21 heavy (non-hydrogen) atoms. The second kappa shape index (κ2) is 6.10. The van der Waals surface area contributed by atoms with Crippen LogP contribution in [0.1, 0.15) is 5.69 Å². The molecule has 0 aliphatic rings. The van der Waals surface area contributed by atoms with Gasteiger partial charge >= 0.3 is 0 Å². The fourth-order valence-corrected chi connectivity index (χ4v) is 2.74. The van der Waals surface area contributed by atoms with Crippen LogP contribution < -0.4 is 15.8 Å². The first-order valence-electron chi connectivity index (χ1n) is 5.89. The van der Waals surface area contributed by atoms with Crippen molar-refractivity contribution in [1.82, 2.24) is 4.98 Å². The van der Waals surface area contributed by atoms with Gasteiger partial charge in [-0.3, -0.25) is 9.52 Å². The Morgan fingerprint density at radius 3 is 2.43 bits per heavy atom. The van der Waals surface area contributed by atoms with Gasteiger partial charge in [0.1, 0.15) is 0 Å². The average Bonchev–Trinajstić information content (AvgIpc) is 2.75. The number of carbonyl (C=O) groups excluding carboxylic acids is 1. The molecule has 0 radical (unpaired) electrons. The standard InChI is InChI=1S/C12H14N4O3S2/c1-21(18,19)16-9-4-2-8(3-5-9)14-11(17)6-10-7-20-12(13)15-10/h2-5,7,16H,6H2,1H3,(H2,13,15)(H,14,17). The number of hydrogen-bond donors (Lipinski definition) is 3. The number of hydrogen-bond acceptors (Lipinski definition) is 6. The summed E-state index contributed by atoms with van der Waals surface area (Å²) >= 11 is 1.28. The van der Waals surface area contributed by atoms with Gasteiger partial charge in [0.2, 0.25) is 15.9 Å². The highest BCUT2D eigenvalue weighted by Gasteiger charge is 2.07. The first-order chi connectivity index (χ1) is 9.82. The first kappa shape index (κ1) is 15.3. The van der Waals surface area contributed by atoms with Crippen molar-refractivity contribution in [2.75, 3.05) is 22.0 Å². The Morgan fingerprint density at radius 2 is 1.90 bits per heavy atom. The summed E-state index contributed by atoms with van der Waals surface area (Å²) < 4.78 is 24.5. The van der Waals surface area contributed by atoms with Crippen LogP contribution in [0.4, 0.5) is 16.5 Å². The molecule has 0 aliphatic carbocycles. The van der Waals surface area contributed by atoms with Crippen LogP contribution in [0.5, 0.6) is 0 Å². The van der Waals surface area contributed by atoms with Crippen LogP contribution in [-0.2, 0) is 21.2 Å². The second-order valence-electron chi connectivity index (χ2n) is 4.35. The molecule has 9 heteroatoms. The van der Waals surface area contributed by atoms with Crippen molar-refractivity contribution in [2.24, 2.45) is 0 Å². The van der Waals surface area contributed by atoms with E-state index in [1.165, 1.54) is 11.3 Å². The number of amides is 1. The SMILES string of the molecule is CS(=O)(=O)Nc1ccc(NC(=O)Cc2csc(N)n2)cc1. The number of nitrogens with two attached hydrogens (primary N) is 1. The van der Waals surface area contributed by atoms with Crippen molar-refractivity contribution in [3.63, 3.8) is 0 Å². The minimum Gasteiger partial charge on any atom is -0.375 e. The molecule has 1 aromatic carbocycles. The number of nitrogens with zero attached hydrogens (tertiary/aromatic N) is 1. The van der Waals surface area contributed by atoms with Gasteiger partial charge in [-0.25, -0.2) is 13.4 Å². The van der Waals surface area contributed by atoms with E-state index >= 15 is 0 Å². The third-order valence-electron chi connectivity index (χ3n) is 2.38. The summed E-state index contributed by atoms with van der Waals surface area (Å²) in [7, 11) is -3.31. The Hall–Kier alpha value is -2.13. The molecular formula is C12H14N4O3S2. The molecule has 1 heterocycles. The number of nitrogens with one attached hydrogen (secondary N) is 2. The van der Waals surface area contributed by atoms with Gasteiger partial charge < -0.3 is 11.1 Å². The van der Waals surface area contributed by atoms with Gasteiger partial charge in [-0.2, -0.15) is 0 Å². The number of benzene rings is 1. The van der Waals surface area contributed by atoms with E-state index in [1.807, 2.05) is 0 Å². The Morgan fingerprint density at radius 1 is 1.29 bits per heavy atom. The minimum atomic E-state index is -3.31. The summed E-state index contributed by atoms with van der Waals surface area (Å²) in [5.74, 6) is -0.218. The van der Waals surface area contributed by atoms with E-state index in [9.17, 15) is 13.2 Å². The minimum absolute atomic E-state index is 0.136. The van der Waals surface area contributed by atoms with E-state index in [0.29, 0.717) is 22.2 Å². The van der Waals surface area contributed by atoms with Crippen molar-refractivity contribution >= 4 is 43.8 Å². The summed E-state index contributed by atoms with van der Waals surface area (Å²) in [6.07, 6.45) is 1.21. The van der Waals surface area contributed by atoms with E-state index < -0.39 is 10.0 Å². The summed E-state index contributed by atoms with van der Waals surface area (Å²) in [5, 5.41) is 4.85. The summed E-state index contributed by atoms with van der Waals surface area (Å²) in [6.45, 7) is 0. The lowest BCUT2D eigenvalue weighted by Gasteiger charge is -2.07. The summed E-state index contributed by atoms with van der Waals surface area (Å²) in [4.78, 5) is 15.8. The molecule has 2 aromatic rings. The largest absolute Gasteiger partial charge is 0.375 e. The predicted molar refractivity (Wildman–Crippen MR) is 83.8 cm³/mol. The smallest absolute Gasteiger partial charge is 0.230 e. The van der Waals surface area contributed by atoms with Gasteiger partial charge in [-0.15, -0.1) is 11.3 Å². The lowest BCUT2D eigenvalue weighted by atomic mass is 10.2. The number of thiazole rings is 1. The van der Waals surface area contributed by atoms with E-state index in [-0.39, 0.29) is 12.3 Å². The van der Waals surface area contributed by atoms with E-state index in [1.54, 1.807) is 29.6 Å². The van der Waals surface area contributed by atoms with Crippen LogP contribution in [0.15, 0.2) is 29.6 Å². The Bertz CT molecular complexity index is 738. The molecule has 1 amide bonds. The number of anilines is 3. The highest BCUT2D eigenvalue weighted by atomic mass is 32.2. The Balaban J connectivity index is 1.95. The molecule has 0 spiro atoms. The predicted octanol–water partition coefficient (Wildman–Crippen LogP) is 1.28. The number of carbonyl (C=O) groups is 1. The van der Waals surface area contributed by atoms with Crippen LogP contribution in [0, 0.1) is 0 Å². The first-order valence-corrected chi connectivity index (χ1v) is 8.66. The maximum atomic E-state index is 11.8. The van der Waals surface area contributed by atoms with Gasteiger partial charge in [-0.1, -0.05) is 0 Å². The normalized spacial score (nSPS) is 11.1. The molecule has 0 atom stereocenters.